The van der Waals surface area contributed by atoms with Crippen LogP contribution in [0.25, 0.3) is 0 Å². The Labute approximate surface area is 213 Å². The van der Waals surface area contributed by atoms with E-state index in [0.29, 0.717) is 37.6 Å². The number of halogens is 4. The maximum Gasteiger partial charge on any atom is 0.242 e. The van der Waals surface area contributed by atoms with Gasteiger partial charge in [-0.1, -0.05) is 88.9 Å². The number of hydrogen-bond acceptors (Lipinski definition) is 2. The van der Waals surface area contributed by atoms with E-state index >= 15 is 0 Å². The van der Waals surface area contributed by atoms with E-state index in [9.17, 15) is 9.59 Å². The second-order valence-corrected chi connectivity index (χ2v) is 9.11. The summed E-state index contributed by atoms with van der Waals surface area (Å²) in [4.78, 5) is 28.1. The van der Waals surface area contributed by atoms with Gasteiger partial charge in [-0.3, -0.25) is 9.59 Å². The van der Waals surface area contributed by atoms with E-state index in [1.54, 1.807) is 43.4 Å². The average Bonchev–Trinajstić information content (AvgIpc) is 2.80. The fraction of sp³-hybridized carbons (Fsp3) is 0.200. The van der Waals surface area contributed by atoms with Gasteiger partial charge in [-0.25, -0.2) is 0 Å². The number of carbonyl (C=O) groups is 2. The van der Waals surface area contributed by atoms with Gasteiger partial charge >= 0.3 is 0 Å². The number of rotatable bonds is 8. The fourth-order valence-corrected chi connectivity index (χ4v) is 4.51. The van der Waals surface area contributed by atoms with E-state index in [2.05, 4.69) is 5.32 Å². The van der Waals surface area contributed by atoms with Crippen LogP contribution in [0.4, 0.5) is 0 Å². The summed E-state index contributed by atoms with van der Waals surface area (Å²) in [7, 11) is 1.54. The maximum atomic E-state index is 13.6. The summed E-state index contributed by atoms with van der Waals surface area (Å²) in [5.41, 5.74) is 2.09. The Morgan fingerprint density at radius 3 is 2.15 bits per heavy atom. The smallest absolute Gasteiger partial charge is 0.242 e. The van der Waals surface area contributed by atoms with Crippen LogP contribution in [0.3, 0.4) is 0 Å². The van der Waals surface area contributed by atoms with Gasteiger partial charge in [-0.15, -0.1) is 0 Å². The van der Waals surface area contributed by atoms with Gasteiger partial charge in [0, 0.05) is 40.1 Å². The molecule has 0 spiro atoms. The van der Waals surface area contributed by atoms with E-state index in [4.69, 9.17) is 46.4 Å². The van der Waals surface area contributed by atoms with Crippen LogP contribution in [0, 0.1) is 0 Å². The molecular formula is C25H22Cl4N2O2. The molecule has 0 aliphatic rings. The van der Waals surface area contributed by atoms with E-state index in [-0.39, 0.29) is 24.8 Å². The largest absolute Gasteiger partial charge is 0.357 e. The lowest BCUT2D eigenvalue weighted by molar-refractivity contribution is -0.140. The molecule has 4 nitrogen and oxygen atoms in total. The topological polar surface area (TPSA) is 49.4 Å². The summed E-state index contributed by atoms with van der Waals surface area (Å²) in [6.45, 7) is 0.113. The number of hydrogen-bond donors (Lipinski definition) is 1. The Bertz CT molecular complexity index is 1120. The molecule has 1 atom stereocenters. The monoisotopic (exact) mass is 522 g/mol. The van der Waals surface area contributed by atoms with E-state index in [0.717, 1.165) is 5.56 Å². The Morgan fingerprint density at radius 2 is 1.55 bits per heavy atom. The molecule has 0 radical (unpaired) electrons. The van der Waals surface area contributed by atoms with E-state index < -0.39 is 6.04 Å². The van der Waals surface area contributed by atoms with Crippen molar-refractivity contribution in [1.82, 2.24) is 10.2 Å². The molecule has 2 amide bonds. The van der Waals surface area contributed by atoms with Crippen LogP contribution in [-0.4, -0.2) is 29.8 Å². The second-order valence-electron chi connectivity index (χ2n) is 7.45. The third-order valence-corrected chi connectivity index (χ3v) is 6.56. The highest BCUT2D eigenvalue weighted by Gasteiger charge is 2.31. The lowest BCUT2D eigenvalue weighted by Gasteiger charge is -2.31. The van der Waals surface area contributed by atoms with Crippen LogP contribution in [0.15, 0.2) is 66.7 Å². The van der Waals surface area contributed by atoms with Crippen LogP contribution in [-0.2, 0) is 29.0 Å². The van der Waals surface area contributed by atoms with Gasteiger partial charge in [0.15, 0.2) is 0 Å². The predicted octanol–water partition coefficient (Wildman–Crippen LogP) is 6.23. The highest BCUT2D eigenvalue weighted by Crippen LogP contribution is 2.28. The standard InChI is InChI=1S/C25H22Cl4N2O2/c1-30-25(33)23(12-16-6-3-2-4-7-16)31(15-17-10-11-18(26)13-22(17)29)24(32)14-19-20(27)8-5-9-21(19)28/h2-11,13,23H,12,14-15H2,1H3,(H,30,33)/t23-/m0/s1. The first-order valence-electron chi connectivity index (χ1n) is 10.2. The van der Waals surface area contributed by atoms with Gasteiger partial charge < -0.3 is 10.2 Å². The molecule has 3 aromatic carbocycles. The van der Waals surface area contributed by atoms with Crippen molar-refractivity contribution in [1.29, 1.82) is 0 Å². The lowest BCUT2D eigenvalue weighted by Crippen LogP contribution is -2.50. The zero-order valence-electron chi connectivity index (χ0n) is 17.8. The summed E-state index contributed by atoms with van der Waals surface area (Å²) in [6.07, 6.45) is 0.264. The van der Waals surface area contributed by atoms with Crippen molar-refractivity contribution in [3.05, 3.63) is 104 Å². The summed E-state index contributed by atoms with van der Waals surface area (Å²) in [5, 5.41) is 4.35. The maximum absolute atomic E-state index is 13.6. The molecule has 0 saturated heterocycles. The van der Waals surface area contributed by atoms with Gasteiger partial charge in [0.1, 0.15) is 6.04 Å². The number of benzene rings is 3. The molecule has 0 aromatic heterocycles. The third-order valence-electron chi connectivity index (χ3n) is 5.26. The molecule has 0 heterocycles. The molecule has 3 aromatic rings. The van der Waals surface area contributed by atoms with E-state index in [1.165, 1.54) is 4.90 Å². The quantitative estimate of drug-likeness (QED) is 0.380. The van der Waals surface area contributed by atoms with Crippen LogP contribution < -0.4 is 5.32 Å². The Balaban J connectivity index is 2.01. The summed E-state index contributed by atoms with van der Waals surface area (Å²) >= 11 is 25.1. The summed E-state index contributed by atoms with van der Waals surface area (Å²) in [6, 6.07) is 18.9. The summed E-state index contributed by atoms with van der Waals surface area (Å²) < 4.78 is 0. The molecule has 0 fully saturated rings. The van der Waals surface area contributed by atoms with Crippen LogP contribution in [0.1, 0.15) is 16.7 Å². The first kappa shape index (κ1) is 25.4. The zero-order valence-corrected chi connectivity index (χ0v) is 20.8. The van der Waals surface area contributed by atoms with Crippen molar-refractivity contribution in [3.63, 3.8) is 0 Å². The van der Waals surface area contributed by atoms with Gasteiger partial charge in [-0.2, -0.15) is 0 Å². The highest BCUT2D eigenvalue weighted by atomic mass is 35.5. The van der Waals surface area contributed by atoms with E-state index in [1.807, 2.05) is 30.3 Å². The van der Waals surface area contributed by atoms with Crippen molar-refractivity contribution in [3.8, 4) is 0 Å². The molecule has 8 heteroatoms. The minimum absolute atomic E-state index is 0.0635. The van der Waals surface area contributed by atoms with Crippen molar-refractivity contribution in [2.75, 3.05) is 7.05 Å². The molecule has 172 valence electrons. The normalized spacial score (nSPS) is 11.7. The molecule has 0 bridgehead atoms. The molecule has 33 heavy (non-hydrogen) atoms. The Kier molecular flexibility index (Phi) is 9.04. The summed E-state index contributed by atoms with van der Waals surface area (Å²) in [5.74, 6) is -0.594. The average molecular weight is 524 g/mol. The number of nitrogens with zero attached hydrogens (tertiary/aromatic N) is 1. The van der Waals surface area contributed by atoms with Crippen molar-refractivity contribution in [2.24, 2.45) is 0 Å². The molecule has 0 unspecified atom stereocenters. The number of carbonyl (C=O) groups excluding carboxylic acids is 2. The van der Waals surface area contributed by atoms with Gasteiger partial charge in [0.25, 0.3) is 0 Å². The van der Waals surface area contributed by atoms with Gasteiger partial charge in [0.05, 0.1) is 6.42 Å². The molecule has 0 saturated carbocycles. The lowest BCUT2D eigenvalue weighted by atomic mass is 10.0. The van der Waals surface area contributed by atoms with Crippen LogP contribution in [0.2, 0.25) is 20.1 Å². The number of amides is 2. The van der Waals surface area contributed by atoms with Gasteiger partial charge in [-0.05, 0) is 41.0 Å². The Hall–Kier alpha value is -2.24. The third kappa shape index (κ3) is 6.64. The molecular weight excluding hydrogens is 502 g/mol. The second kappa shape index (κ2) is 11.8. The van der Waals surface area contributed by atoms with Gasteiger partial charge in [0.2, 0.25) is 11.8 Å². The van der Waals surface area contributed by atoms with Crippen LogP contribution in [0.5, 0.6) is 0 Å². The molecule has 3 rings (SSSR count). The highest BCUT2D eigenvalue weighted by molar-refractivity contribution is 6.36. The SMILES string of the molecule is CNC(=O)[C@H](Cc1ccccc1)N(Cc1ccc(Cl)cc1Cl)C(=O)Cc1c(Cl)cccc1Cl. The number of nitrogens with one attached hydrogen (secondary N) is 1. The molecule has 1 N–H and O–H groups in total. The molecule has 0 aliphatic carbocycles. The van der Waals surface area contributed by atoms with Crippen molar-refractivity contribution in [2.45, 2.75) is 25.4 Å². The van der Waals surface area contributed by atoms with Crippen molar-refractivity contribution < 1.29 is 9.59 Å². The minimum atomic E-state index is -0.780. The fourth-order valence-electron chi connectivity index (χ4n) is 3.51. The predicted molar refractivity (Wildman–Crippen MR) is 135 cm³/mol. The first-order valence-corrected chi connectivity index (χ1v) is 11.7. The Morgan fingerprint density at radius 1 is 0.879 bits per heavy atom. The van der Waals surface area contributed by atoms with Crippen molar-refractivity contribution >= 4 is 58.2 Å². The van der Waals surface area contributed by atoms with Crippen LogP contribution >= 0.6 is 46.4 Å². The minimum Gasteiger partial charge on any atom is -0.357 e. The number of likely N-dealkylation sites (N-methyl/N-ethyl adjacent to an activating group) is 1. The molecule has 0 aliphatic heterocycles. The first-order chi connectivity index (χ1) is 15.8. The zero-order chi connectivity index (χ0) is 24.0.